The van der Waals surface area contributed by atoms with Crippen LogP contribution >= 0.6 is 0 Å². The summed E-state index contributed by atoms with van der Waals surface area (Å²) in [6.45, 7) is 3.12. The highest BCUT2D eigenvalue weighted by Crippen LogP contribution is 2.20. The summed E-state index contributed by atoms with van der Waals surface area (Å²) >= 11 is 0. The first-order chi connectivity index (χ1) is 10.7. The van der Waals surface area contributed by atoms with E-state index in [1.807, 2.05) is 24.3 Å². The monoisotopic (exact) mass is 302 g/mol. The number of carbonyl (C=O) groups excluding carboxylic acids is 2. The predicted molar refractivity (Wildman–Crippen MR) is 82.9 cm³/mol. The zero-order valence-electron chi connectivity index (χ0n) is 12.2. The molecule has 22 heavy (non-hydrogen) atoms. The molecule has 0 atom stereocenters. The van der Waals surface area contributed by atoms with Gasteiger partial charge < -0.3 is 15.0 Å². The molecule has 7 nitrogen and oxygen atoms in total. The Morgan fingerprint density at radius 2 is 2.09 bits per heavy atom. The van der Waals surface area contributed by atoms with E-state index in [2.05, 4.69) is 20.7 Å². The molecule has 0 aliphatic carbocycles. The Kier molecular flexibility index (Phi) is 4.34. The van der Waals surface area contributed by atoms with E-state index < -0.39 is 0 Å². The number of carbonyl (C=O) groups is 2. The first kappa shape index (κ1) is 14.5. The number of anilines is 2. The number of rotatable bonds is 3. The number of hydrogen-bond acceptors (Lipinski definition) is 5. The van der Waals surface area contributed by atoms with E-state index in [0.717, 1.165) is 18.8 Å². The summed E-state index contributed by atoms with van der Waals surface area (Å²) in [6, 6.07) is 7.69. The molecular formula is C15H18N4O3. The van der Waals surface area contributed by atoms with Crippen molar-refractivity contribution < 1.29 is 14.3 Å². The molecule has 1 aromatic carbocycles. The molecule has 2 aliphatic heterocycles. The lowest BCUT2D eigenvalue weighted by Crippen LogP contribution is -2.36. The highest BCUT2D eigenvalue weighted by atomic mass is 16.5. The molecule has 7 heteroatoms. The third kappa shape index (κ3) is 3.43. The van der Waals surface area contributed by atoms with Gasteiger partial charge in [-0.25, -0.2) is 5.43 Å². The van der Waals surface area contributed by atoms with Crippen LogP contribution in [-0.4, -0.2) is 43.8 Å². The van der Waals surface area contributed by atoms with Crippen molar-refractivity contribution in [2.24, 2.45) is 5.10 Å². The SMILES string of the molecule is O=C1CCC(C(=O)Nc2cccc(N3CCOCC3)c2)=NN1. The maximum atomic E-state index is 12.1. The lowest BCUT2D eigenvalue weighted by Gasteiger charge is -2.29. The summed E-state index contributed by atoms with van der Waals surface area (Å²) in [6.07, 6.45) is 0.654. The van der Waals surface area contributed by atoms with E-state index >= 15 is 0 Å². The van der Waals surface area contributed by atoms with Crippen LogP contribution in [0.2, 0.25) is 0 Å². The molecule has 0 saturated carbocycles. The Bertz CT molecular complexity index is 609. The van der Waals surface area contributed by atoms with Crippen LogP contribution in [0.1, 0.15) is 12.8 Å². The molecule has 2 aliphatic rings. The summed E-state index contributed by atoms with van der Waals surface area (Å²) in [7, 11) is 0. The molecule has 2 amide bonds. The second-order valence-corrected chi connectivity index (χ2v) is 5.20. The van der Waals surface area contributed by atoms with Crippen molar-refractivity contribution in [3.8, 4) is 0 Å². The molecule has 1 aromatic rings. The summed E-state index contributed by atoms with van der Waals surface area (Å²) in [5.74, 6) is -0.440. The second kappa shape index (κ2) is 6.57. The maximum Gasteiger partial charge on any atom is 0.271 e. The molecule has 3 rings (SSSR count). The van der Waals surface area contributed by atoms with Crippen LogP contribution in [0.25, 0.3) is 0 Å². The number of morpholine rings is 1. The van der Waals surface area contributed by atoms with Gasteiger partial charge >= 0.3 is 0 Å². The minimum absolute atomic E-state index is 0.161. The van der Waals surface area contributed by atoms with Crippen molar-refractivity contribution >= 4 is 28.9 Å². The van der Waals surface area contributed by atoms with Gasteiger partial charge in [-0.05, 0) is 18.2 Å². The normalized spacial score (nSPS) is 18.5. The van der Waals surface area contributed by atoms with Crippen LogP contribution in [0.3, 0.4) is 0 Å². The van der Waals surface area contributed by atoms with Gasteiger partial charge in [0.1, 0.15) is 5.71 Å². The number of nitrogens with zero attached hydrogens (tertiary/aromatic N) is 2. The van der Waals surface area contributed by atoms with Gasteiger partial charge in [0.15, 0.2) is 0 Å². The fourth-order valence-electron chi connectivity index (χ4n) is 2.44. The minimum atomic E-state index is -0.279. The Balaban J connectivity index is 1.67. The standard InChI is InChI=1S/C15H18N4O3/c20-14-5-4-13(17-18-14)15(21)16-11-2-1-3-12(10-11)19-6-8-22-9-7-19/h1-3,10H,4-9H2,(H,16,21)(H,18,20). The van der Waals surface area contributed by atoms with Crippen molar-refractivity contribution in [2.75, 3.05) is 36.5 Å². The average Bonchev–Trinajstić information content (AvgIpc) is 2.56. The van der Waals surface area contributed by atoms with E-state index in [-0.39, 0.29) is 11.8 Å². The van der Waals surface area contributed by atoms with Crippen molar-refractivity contribution in [1.29, 1.82) is 0 Å². The lowest BCUT2D eigenvalue weighted by atomic mass is 10.1. The summed E-state index contributed by atoms with van der Waals surface area (Å²) in [5.41, 5.74) is 4.44. The van der Waals surface area contributed by atoms with Crippen LogP contribution in [0.4, 0.5) is 11.4 Å². The minimum Gasteiger partial charge on any atom is -0.378 e. The van der Waals surface area contributed by atoms with Crippen molar-refractivity contribution in [3.05, 3.63) is 24.3 Å². The smallest absolute Gasteiger partial charge is 0.271 e. The highest BCUT2D eigenvalue weighted by Gasteiger charge is 2.18. The zero-order chi connectivity index (χ0) is 15.4. The van der Waals surface area contributed by atoms with Gasteiger partial charge in [0, 0.05) is 37.3 Å². The van der Waals surface area contributed by atoms with Gasteiger partial charge in [0.25, 0.3) is 5.91 Å². The van der Waals surface area contributed by atoms with Gasteiger partial charge in [-0.2, -0.15) is 5.10 Å². The Morgan fingerprint density at radius 3 is 2.82 bits per heavy atom. The number of hydrazone groups is 1. The lowest BCUT2D eigenvalue weighted by molar-refractivity contribution is -0.121. The van der Waals surface area contributed by atoms with E-state index in [1.54, 1.807) is 0 Å². The van der Waals surface area contributed by atoms with Crippen LogP contribution in [0.5, 0.6) is 0 Å². The van der Waals surface area contributed by atoms with E-state index in [4.69, 9.17) is 4.74 Å². The molecule has 2 N–H and O–H groups in total. The van der Waals surface area contributed by atoms with Crippen LogP contribution in [0.15, 0.2) is 29.4 Å². The fraction of sp³-hybridized carbons (Fsp3) is 0.400. The molecule has 1 fully saturated rings. The number of hydrogen-bond donors (Lipinski definition) is 2. The van der Waals surface area contributed by atoms with Gasteiger partial charge in [0.05, 0.1) is 13.2 Å². The van der Waals surface area contributed by atoms with Gasteiger partial charge in [-0.15, -0.1) is 0 Å². The molecule has 1 saturated heterocycles. The molecule has 116 valence electrons. The van der Waals surface area contributed by atoms with Crippen molar-refractivity contribution in [3.63, 3.8) is 0 Å². The first-order valence-electron chi connectivity index (χ1n) is 7.32. The number of benzene rings is 1. The summed E-state index contributed by atoms with van der Waals surface area (Å²) in [4.78, 5) is 25.4. The molecule has 0 unspecified atom stereocenters. The average molecular weight is 302 g/mol. The maximum absolute atomic E-state index is 12.1. The molecule has 0 spiro atoms. The second-order valence-electron chi connectivity index (χ2n) is 5.20. The van der Waals surface area contributed by atoms with Crippen LogP contribution in [-0.2, 0) is 14.3 Å². The fourth-order valence-corrected chi connectivity index (χ4v) is 2.44. The van der Waals surface area contributed by atoms with Crippen molar-refractivity contribution in [2.45, 2.75) is 12.8 Å². The number of nitrogens with one attached hydrogen (secondary N) is 2. The summed E-state index contributed by atoms with van der Waals surface area (Å²) < 4.78 is 5.34. The third-order valence-electron chi connectivity index (χ3n) is 3.65. The molecule has 2 heterocycles. The number of amides is 2. The molecular weight excluding hydrogens is 284 g/mol. The number of ether oxygens (including phenoxy) is 1. The Hall–Kier alpha value is -2.41. The quantitative estimate of drug-likeness (QED) is 0.862. The zero-order valence-corrected chi connectivity index (χ0v) is 12.2. The molecule has 0 radical (unpaired) electrons. The van der Waals surface area contributed by atoms with Crippen molar-refractivity contribution in [1.82, 2.24) is 5.43 Å². The molecule has 0 bridgehead atoms. The van der Waals surface area contributed by atoms with E-state index in [0.29, 0.717) is 37.5 Å². The highest BCUT2D eigenvalue weighted by molar-refractivity contribution is 6.43. The topological polar surface area (TPSA) is 83.0 Å². The van der Waals surface area contributed by atoms with Gasteiger partial charge in [-0.3, -0.25) is 9.59 Å². The first-order valence-corrected chi connectivity index (χ1v) is 7.32. The van der Waals surface area contributed by atoms with Gasteiger partial charge in [-0.1, -0.05) is 6.07 Å². The van der Waals surface area contributed by atoms with Crippen LogP contribution in [0, 0.1) is 0 Å². The Labute approximate surface area is 128 Å². The van der Waals surface area contributed by atoms with Gasteiger partial charge in [0.2, 0.25) is 5.91 Å². The van der Waals surface area contributed by atoms with E-state index in [9.17, 15) is 9.59 Å². The summed E-state index contributed by atoms with van der Waals surface area (Å²) in [5, 5.41) is 6.62. The van der Waals surface area contributed by atoms with E-state index in [1.165, 1.54) is 0 Å². The third-order valence-corrected chi connectivity index (χ3v) is 3.65. The largest absolute Gasteiger partial charge is 0.378 e. The predicted octanol–water partition coefficient (Wildman–Crippen LogP) is 0.728. The molecule has 0 aromatic heterocycles. The Morgan fingerprint density at radius 1 is 1.27 bits per heavy atom. The van der Waals surface area contributed by atoms with Crippen LogP contribution < -0.4 is 15.6 Å².